The van der Waals surface area contributed by atoms with E-state index in [0.29, 0.717) is 45.2 Å². The van der Waals surface area contributed by atoms with Crippen molar-refractivity contribution in [2.75, 3.05) is 5.32 Å². The summed E-state index contributed by atoms with van der Waals surface area (Å²) in [7, 11) is 1.82. The molecule has 0 aliphatic rings. The molecular formula is C28H22FN7O2. The Kier molecular flexibility index (Phi) is 6.18. The quantitative estimate of drug-likeness (QED) is 0.319. The Labute approximate surface area is 217 Å². The zero-order valence-electron chi connectivity index (χ0n) is 20.8. The van der Waals surface area contributed by atoms with Crippen LogP contribution < -0.4 is 15.8 Å². The summed E-state index contributed by atoms with van der Waals surface area (Å²) in [6, 6.07) is 16.8. The lowest BCUT2D eigenvalue weighted by Crippen LogP contribution is -2.11. The summed E-state index contributed by atoms with van der Waals surface area (Å²) in [5.41, 5.74) is 10.1. The first-order chi connectivity index (χ1) is 18.2. The van der Waals surface area contributed by atoms with Crippen LogP contribution in [0.15, 0.2) is 60.9 Å². The molecule has 0 aliphatic carbocycles. The summed E-state index contributed by atoms with van der Waals surface area (Å²) in [5.74, 6) is -0.131. The molecule has 38 heavy (non-hydrogen) atoms. The lowest BCUT2D eigenvalue weighted by Gasteiger charge is -2.15. The molecular weight excluding hydrogens is 485 g/mol. The molecule has 0 bridgehead atoms. The Balaban J connectivity index is 1.51. The Hall–Kier alpha value is -5.30. The van der Waals surface area contributed by atoms with Crippen LogP contribution in [-0.4, -0.2) is 25.4 Å². The molecule has 0 unspecified atom stereocenters. The molecule has 1 amide bonds. The predicted octanol–water partition coefficient (Wildman–Crippen LogP) is 5.29. The second kappa shape index (κ2) is 9.63. The number of hydrogen-bond donors (Lipinski definition) is 2. The van der Waals surface area contributed by atoms with Crippen LogP contribution in [0.1, 0.15) is 27.0 Å². The number of aryl methyl sites for hydroxylation is 3. The van der Waals surface area contributed by atoms with Crippen LogP contribution in [0.2, 0.25) is 0 Å². The number of anilines is 2. The maximum absolute atomic E-state index is 14.8. The number of aromatic nitrogens is 4. The van der Waals surface area contributed by atoms with Crippen molar-refractivity contribution in [3.05, 3.63) is 89.0 Å². The lowest BCUT2D eigenvalue weighted by molar-refractivity contribution is 0.1000. The second-order valence-corrected chi connectivity index (χ2v) is 8.79. The van der Waals surface area contributed by atoms with Gasteiger partial charge in [0.1, 0.15) is 11.6 Å². The van der Waals surface area contributed by atoms with Gasteiger partial charge in [-0.1, -0.05) is 6.07 Å². The SMILES string of the molecule is Cc1cc(-c2ccc(C(N)=O)cc2F)cc(C)c1Oc1nc(Nc2ccc(C#N)cc2)nc2c1ncn2C. The zero-order valence-corrected chi connectivity index (χ0v) is 20.8. The number of fused-ring (bicyclic) bond motifs is 1. The van der Waals surface area contributed by atoms with E-state index in [2.05, 4.69) is 26.3 Å². The number of carbonyl (C=O) groups excluding carboxylic acids is 1. The first-order valence-electron chi connectivity index (χ1n) is 11.6. The smallest absolute Gasteiger partial charge is 0.252 e. The summed E-state index contributed by atoms with van der Waals surface area (Å²) in [5, 5.41) is 12.2. The molecule has 0 spiro atoms. The topological polar surface area (TPSA) is 132 Å². The van der Waals surface area contributed by atoms with E-state index in [1.807, 2.05) is 20.9 Å². The number of benzene rings is 3. The number of nitriles is 1. The van der Waals surface area contributed by atoms with E-state index >= 15 is 0 Å². The molecule has 9 nitrogen and oxygen atoms in total. The van der Waals surface area contributed by atoms with Gasteiger partial charge in [0.25, 0.3) is 5.88 Å². The van der Waals surface area contributed by atoms with Gasteiger partial charge in [0.15, 0.2) is 11.2 Å². The van der Waals surface area contributed by atoms with Crippen molar-refractivity contribution in [3.8, 4) is 28.8 Å². The highest BCUT2D eigenvalue weighted by Crippen LogP contribution is 2.36. The van der Waals surface area contributed by atoms with Gasteiger partial charge in [-0.15, -0.1) is 0 Å². The third-order valence-corrected chi connectivity index (χ3v) is 6.02. The minimum Gasteiger partial charge on any atom is -0.436 e. The van der Waals surface area contributed by atoms with Crippen LogP contribution >= 0.6 is 0 Å². The van der Waals surface area contributed by atoms with Crippen LogP contribution in [0.25, 0.3) is 22.3 Å². The van der Waals surface area contributed by atoms with E-state index in [1.54, 1.807) is 47.3 Å². The van der Waals surface area contributed by atoms with E-state index in [9.17, 15) is 9.18 Å². The molecule has 2 aromatic heterocycles. The number of ether oxygens (including phenoxy) is 1. The average Bonchev–Trinajstić information content (AvgIpc) is 3.27. The molecule has 3 N–H and O–H groups in total. The number of amides is 1. The first kappa shape index (κ1) is 24.4. The largest absolute Gasteiger partial charge is 0.436 e. The highest BCUT2D eigenvalue weighted by Gasteiger charge is 2.18. The predicted molar refractivity (Wildman–Crippen MR) is 141 cm³/mol. The molecule has 0 saturated carbocycles. The molecule has 5 aromatic rings. The molecule has 0 radical (unpaired) electrons. The molecule has 0 saturated heterocycles. The average molecular weight is 508 g/mol. The van der Waals surface area contributed by atoms with E-state index in [4.69, 9.17) is 15.7 Å². The summed E-state index contributed by atoms with van der Waals surface area (Å²) < 4.78 is 22.8. The van der Waals surface area contributed by atoms with Crippen molar-refractivity contribution >= 4 is 28.7 Å². The summed E-state index contributed by atoms with van der Waals surface area (Å²) >= 11 is 0. The van der Waals surface area contributed by atoms with E-state index in [1.165, 1.54) is 12.1 Å². The summed E-state index contributed by atoms with van der Waals surface area (Å²) in [4.78, 5) is 24.9. The van der Waals surface area contributed by atoms with Gasteiger partial charge in [-0.25, -0.2) is 9.37 Å². The van der Waals surface area contributed by atoms with Gasteiger partial charge in [0.05, 0.1) is 18.0 Å². The maximum atomic E-state index is 14.8. The lowest BCUT2D eigenvalue weighted by atomic mass is 9.98. The Morgan fingerprint density at radius 3 is 2.42 bits per heavy atom. The monoisotopic (exact) mass is 507 g/mol. The van der Waals surface area contributed by atoms with Crippen LogP contribution in [-0.2, 0) is 7.05 Å². The normalized spacial score (nSPS) is 10.8. The number of hydrogen-bond acceptors (Lipinski definition) is 7. The minimum atomic E-state index is -0.690. The van der Waals surface area contributed by atoms with Gasteiger partial charge in [-0.05, 0) is 79.1 Å². The molecule has 0 aliphatic heterocycles. The van der Waals surface area contributed by atoms with E-state index in [0.717, 1.165) is 17.2 Å². The highest BCUT2D eigenvalue weighted by atomic mass is 19.1. The minimum absolute atomic E-state index is 0.105. The van der Waals surface area contributed by atoms with Crippen molar-refractivity contribution in [1.82, 2.24) is 19.5 Å². The fourth-order valence-electron chi connectivity index (χ4n) is 4.13. The van der Waals surface area contributed by atoms with Gasteiger partial charge >= 0.3 is 0 Å². The molecule has 5 rings (SSSR count). The number of imidazole rings is 1. The van der Waals surface area contributed by atoms with Crippen molar-refractivity contribution < 1.29 is 13.9 Å². The second-order valence-electron chi connectivity index (χ2n) is 8.79. The van der Waals surface area contributed by atoms with Crippen molar-refractivity contribution in [3.63, 3.8) is 0 Å². The third kappa shape index (κ3) is 4.60. The number of primary amides is 1. The number of nitrogens with one attached hydrogen (secondary N) is 1. The Morgan fingerprint density at radius 1 is 1.08 bits per heavy atom. The maximum Gasteiger partial charge on any atom is 0.252 e. The molecule has 188 valence electrons. The van der Waals surface area contributed by atoms with Crippen LogP contribution in [0.4, 0.5) is 16.0 Å². The Morgan fingerprint density at radius 2 is 1.79 bits per heavy atom. The number of nitrogens with zero attached hydrogens (tertiary/aromatic N) is 5. The van der Waals surface area contributed by atoms with Gasteiger partial charge in [-0.3, -0.25) is 4.79 Å². The van der Waals surface area contributed by atoms with Crippen LogP contribution in [0.5, 0.6) is 11.6 Å². The van der Waals surface area contributed by atoms with Gasteiger partial charge in [0.2, 0.25) is 11.9 Å². The van der Waals surface area contributed by atoms with Crippen molar-refractivity contribution in [1.29, 1.82) is 5.26 Å². The number of carbonyl (C=O) groups is 1. The molecule has 0 fully saturated rings. The third-order valence-electron chi connectivity index (χ3n) is 6.02. The molecule has 2 heterocycles. The zero-order chi connectivity index (χ0) is 27.0. The summed E-state index contributed by atoms with van der Waals surface area (Å²) in [6.07, 6.45) is 1.62. The van der Waals surface area contributed by atoms with E-state index in [-0.39, 0.29) is 11.4 Å². The number of halogens is 1. The fraction of sp³-hybridized carbons (Fsp3) is 0.107. The van der Waals surface area contributed by atoms with Crippen LogP contribution in [0.3, 0.4) is 0 Å². The Bertz CT molecular complexity index is 1730. The molecule has 0 atom stereocenters. The van der Waals surface area contributed by atoms with Gasteiger partial charge < -0.3 is 20.4 Å². The molecule has 10 heteroatoms. The number of rotatable bonds is 6. The van der Waals surface area contributed by atoms with Crippen molar-refractivity contribution in [2.45, 2.75) is 13.8 Å². The van der Waals surface area contributed by atoms with Gasteiger partial charge in [0, 0.05) is 23.9 Å². The van der Waals surface area contributed by atoms with Crippen molar-refractivity contribution in [2.24, 2.45) is 12.8 Å². The van der Waals surface area contributed by atoms with E-state index < -0.39 is 11.7 Å². The first-order valence-corrected chi connectivity index (χ1v) is 11.6. The van der Waals surface area contributed by atoms with Gasteiger partial charge in [-0.2, -0.15) is 15.2 Å². The summed E-state index contributed by atoms with van der Waals surface area (Å²) in [6.45, 7) is 3.71. The highest BCUT2D eigenvalue weighted by molar-refractivity contribution is 5.93. The van der Waals surface area contributed by atoms with Crippen LogP contribution in [0, 0.1) is 31.0 Å². The fourth-order valence-corrected chi connectivity index (χ4v) is 4.13. The standard InChI is InChI=1S/C28H22FN7O2/c1-15-10-19(21-9-6-18(25(31)37)12-22(21)29)11-16(2)24(15)38-27-23-26(36(3)14-32-23)34-28(35-27)33-20-7-4-17(13-30)5-8-20/h4-12,14H,1-3H3,(H2,31,37)(H,33,34,35). The number of nitrogens with two attached hydrogens (primary N) is 1. The molecule has 3 aromatic carbocycles.